The lowest BCUT2D eigenvalue weighted by molar-refractivity contribution is -0.132. The standard InChI is InChI=1S/C44H44F2N2O2S/c1-3-5-7-9-11-34-28-41(43-35(12-10-8-6-4-2)26-39(51-43)27-36(29-47)44(49)50)48-42(34)33-15-13-30(14-16-33)25-40(31-17-21-37(45)22-18-31)32-19-23-38(46)24-20-32/h13-28,48H,3-12H2,1-2H3,(H,49,50)/b36-27-. The van der Waals surface area contributed by atoms with E-state index in [4.69, 9.17) is 0 Å². The maximum atomic E-state index is 13.8. The van der Waals surface area contributed by atoms with E-state index in [9.17, 15) is 23.9 Å². The quantitative estimate of drug-likeness (QED) is 0.0438. The number of nitrogens with zero attached hydrogens (tertiary/aromatic N) is 1. The van der Waals surface area contributed by atoms with Crippen molar-refractivity contribution in [2.24, 2.45) is 0 Å². The summed E-state index contributed by atoms with van der Waals surface area (Å²) in [5.74, 6) is -1.86. The summed E-state index contributed by atoms with van der Waals surface area (Å²) in [5.41, 5.74) is 8.69. The molecule has 4 nitrogen and oxygen atoms in total. The van der Waals surface area contributed by atoms with Crippen LogP contribution < -0.4 is 0 Å². The summed E-state index contributed by atoms with van der Waals surface area (Å²) in [7, 11) is 0. The van der Waals surface area contributed by atoms with E-state index in [1.807, 2.05) is 18.2 Å². The molecule has 7 heteroatoms. The molecule has 5 aromatic rings. The number of carboxylic acids is 1. The first kappa shape index (κ1) is 37.2. The summed E-state index contributed by atoms with van der Waals surface area (Å²) < 4.78 is 27.6. The number of nitriles is 1. The van der Waals surface area contributed by atoms with Gasteiger partial charge in [0.05, 0.1) is 10.6 Å². The normalized spacial score (nSPS) is 11.4. The third kappa shape index (κ3) is 10.0. The fraction of sp³-hybridized carbons (Fsp3) is 0.273. The maximum Gasteiger partial charge on any atom is 0.346 e. The van der Waals surface area contributed by atoms with Crippen LogP contribution in [0.15, 0.2) is 90.5 Å². The molecule has 262 valence electrons. The number of unbranched alkanes of at least 4 members (excludes halogenated alkanes) is 6. The number of H-pyrrole nitrogens is 1. The van der Waals surface area contributed by atoms with E-state index in [-0.39, 0.29) is 17.2 Å². The molecule has 5 rings (SSSR count). The van der Waals surface area contributed by atoms with Gasteiger partial charge in [0, 0.05) is 10.6 Å². The number of rotatable bonds is 17. The minimum absolute atomic E-state index is 0.278. The summed E-state index contributed by atoms with van der Waals surface area (Å²) in [6, 6.07) is 27.1. The monoisotopic (exact) mass is 702 g/mol. The number of halogens is 2. The summed E-state index contributed by atoms with van der Waals surface area (Å²) >= 11 is 1.52. The van der Waals surface area contributed by atoms with Gasteiger partial charge in [-0.2, -0.15) is 5.26 Å². The van der Waals surface area contributed by atoms with E-state index >= 15 is 0 Å². The van der Waals surface area contributed by atoms with Crippen molar-refractivity contribution in [3.05, 3.63) is 135 Å². The van der Waals surface area contributed by atoms with Crippen LogP contribution in [-0.4, -0.2) is 16.1 Å². The molecule has 0 spiro atoms. The minimum Gasteiger partial charge on any atom is -0.477 e. The van der Waals surface area contributed by atoms with E-state index in [0.29, 0.717) is 0 Å². The number of carbonyl (C=O) groups is 1. The number of aliphatic carboxylic acids is 1. The van der Waals surface area contributed by atoms with Crippen LogP contribution in [0.25, 0.3) is 39.6 Å². The molecular weight excluding hydrogens is 659 g/mol. The SMILES string of the molecule is CCCCCCc1cc(-c2sc(/C=C(/C#N)C(=O)O)cc2CCCCCC)[nH]c1-c1ccc(C=C(c2ccc(F)cc2)c2ccc(F)cc2)cc1. The summed E-state index contributed by atoms with van der Waals surface area (Å²) in [4.78, 5) is 17.2. The molecule has 3 aromatic carbocycles. The Morgan fingerprint density at radius 1 is 0.765 bits per heavy atom. The van der Waals surface area contributed by atoms with Crippen LogP contribution in [0.1, 0.15) is 97.9 Å². The van der Waals surface area contributed by atoms with Crippen LogP contribution in [0.4, 0.5) is 8.78 Å². The summed E-state index contributed by atoms with van der Waals surface area (Å²) in [6.07, 6.45) is 14.3. The smallest absolute Gasteiger partial charge is 0.346 e. The number of carboxylic acid groups (broad SMARTS) is 1. The molecular formula is C44H44F2N2O2S. The number of aromatic amines is 1. The van der Waals surface area contributed by atoms with E-state index in [2.05, 4.69) is 49.2 Å². The second-order valence-electron chi connectivity index (χ2n) is 12.9. The lowest BCUT2D eigenvalue weighted by Crippen LogP contribution is -1.96. The van der Waals surface area contributed by atoms with Gasteiger partial charge in [-0.25, -0.2) is 13.6 Å². The molecule has 0 aliphatic carbocycles. The third-order valence-electron chi connectivity index (χ3n) is 9.03. The van der Waals surface area contributed by atoms with E-state index in [1.165, 1.54) is 60.1 Å². The zero-order valence-electron chi connectivity index (χ0n) is 29.3. The van der Waals surface area contributed by atoms with Crippen molar-refractivity contribution in [2.45, 2.75) is 78.1 Å². The van der Waals surface area contributed by atoms with Crippen molar-refractivity contribution in [1.82, 2.24) is 4.98 Å². The molecule has 0 bridgehead atoms. The zero-order chi connectivity index (χ0) is 36.2. The number of nitrogens with one attached hydrogen (secondary N) is 1. The van der Waals surface area contributed by atoms with Gasteiger partial charge in [-0.1, -0.05) is 101 Å². The summed E-state index contributed by atoms with van der Waals surface area (Å²) in [5, 5.41) is 18.9. The molecule has 0 aliphatic rings. The highest BCUT2D eigenvalue weighted by Crippen LogP contribution is 2.38. The zero-order valence-corrected chi connectivity index (χ0v) is 30.1. The van der Waals surface area contributed by atoms with Crippen LogP contribution >= 0.6 is 11.3 Å². The predicted octanol–water partition coefficient (Wildman–Crippen LogP) is 12.5. The first-order chi connectivity index (χ1) is 24.8. The van der Waals surface area contributed by atoms with Crippen LogP contribution in [0.5, 0.6) is 0 Å². The average Bonchev–Trinajstić information content (AvgIpc) is 3.75. The Morgan fingerprint density at radius 2 is 1.33 bits per heavy atom. The Labute approximate surface area is 303 Å². The van der Waals surface area contributed by atoms with Crippen molar-refractivity contribution in [3.8, 4) is 27.9 Å². The van der Waals surface area contributed by atoms with Crippen molar-refractivity contribution in [2.75, 3.05) is 0 Å². The Bertz CT molecular complexity index is 1960. The molecule has 0 unspecified atom stereocenters. The second kappa shape index (κ2) is 18.3. The Morgan fingerprint density at radius 3 is 1.86 bits per heavy atom. The molecule has 0 saturated heterocycles. The van der Waals surface area contributed by atoms with Gasteiger partial charge in [-0.3, -0.25) is 0 Å². The lowest BCUT2D eigenvalue weighted by atomic mass is 9.95. The molecule has 0 radical (unpaired) electrons. The molecule has 0 atom stereocenters. The van der Waals surface area contributed by atoms with Gasteiger partial charge < -0.3 is 10.1 Å². The number of hydrogen-bond acceptors (Lipinski definition) is 3. The first-order valence-corrected chi connectivity index (χ1v) is 18.6. The molecule has 2 heterocycles. The molecule has 0 amide bonds. The Hall–Kier alpha value is -5.06. The number of thiophene rings is 1. The Balaban J connectivity index is 1.53. The van der Waals surface area contributed by atoms with Crippen LogP contribution in [-0.2, 0) is 17.6 Å². The van der Waals surface area contributed by atoms with Gasteiger partial charge in [0.2, 0.25) is 0 Å². The van der Waals surface area contributed by atoms with Gasteiger partial charge in [0.25, 0.3) is 0 Å². The van der Waals surface area contributed by atoms with Crippen LogP contribution in [0.3, 0.4) is 0 Å². The number of benzene rings is 3. The van der Waals surface area contributed by atoms with Crippen molar-refractivity contribution >= 4 is 35.0 Å². The fourth-order valence-electron chi connectivity index (χ4n) is 6.28. The minimum atomic E-state index is -1.23. The predicted molar refractivity (Wildman–Crippen MR) is 206 cm³/mol. The molecule has 0 fully saturated rings. The van der Waals surface area contributed by atoms with Crippen LogP contribution in [0, 0.1) is 23.0 Å². The highest BCUT2D eigenvalue weighted by Gasteiger charge is 2.18. The molecule has 2 N–H and O–H groups in total. The molecule has 0 saturated carbocycles. The lowest BCUT2D eigenvalue weighted by Gasteiger charge is -2.10. The van der Waals surface area contributed by atoms with Gasteiger partial charge in [0.15, 0.2) is 0 Å². The first-order valence-electron chi connectivity index (χ1n) is 17.8. The highest BCUT2D eigenvalue weighted by molar-refractivity contribution is 7.16. The molecule has 2 aromatic heterocycles. The van der Waals surface area contributed by atoms with Crippen molar-refractivity contribution in [1.29, 1.82) is 5.26 Å². The number of aromatic nitrogens is 1. The van der Waals surface area contributed by atoms with E-state index < -0.39 is 5.97 Å². The van der Waals surface area contributed by atoms with E-state index in [0.717, 1.165) is 106 Å². The third-order valence-corrected chi connectivity index (χ3v) is 10.2. The molecule has 51 heavy (non-hydrogen) atoms. The van der Waals surface area contributed by atoms with Crippen LogP contribution in [0.2, 0.25) is 0 Å². The Kier molecular flexibility index (Phi) is 13.3. The fourth-order valence-corrected chi connectivity index (χ4v) is 7.41. The van der Waals surface area contributed by atoms with Gasteiger partial charge in [0.1, 0.15) is 23.3 Å². The second-order valence-corrected chi connectivity index (χ2v) is 14.0. The van der Waals surface area contributed by atoms with Crippen molar-refractivity contribution < 1.29 is 18.7 Å². The average molecular weight is 703 g/mol. The van der Waals surface area contributed by atoms with E-state index in [1.54, 1.807) is 24.3 Å². The highest BCUT2D eigenvalue weighted by atomic mass is 32.1. The van der Waals surface area contributed by atoms with Gasteiger partial charge in [-0.05, 0) is 113 Å². The summed E-state index contributed by atoms with van der Waals surface area (Å²) in [6.45, 7) is 4.40. The number of aryl methyl sites for hydroxylation is 2. The van der Waals surface area contributed by atoms with Gasteiger partial charge in [-0.15, -0.1) is 11.3 Å². The number of hydrogen-bond donors (Lipinski definition) is 2. The molecule has 0 aliphatic heterocycles. The van der Waals surface area contributed by atoms with Crippen molar-refractivity contribution in [3.63, 3.8) is 0 Å². The van der Waals surface area contributed by atoms with Gasteiger partial charge >= 0.3 is 5.97 Å². The maximum absolute atomic E-state index is 13.8. The topological polar surface area (TPSA) is 76.9 Å². The largest absolute Gasteiger partial charge is 0.477 e.